The van der Waals surface area contributed by atoms with E-state index in [1.165, 1.54) is 0 Å². The summed E-state index contributed by atoms with van der Waals surface area (Å²) in [6, 6.07) is 7.70. The van der Waals surface area contributed by atoms with Crippen molar-refractivity contribution in [2.75, 3.05) is 5.73 Å². The van der Waals surface area contributed by atoms with Crippen molar-refractivity contribution in [2.24, 2.45) is 0 Å². The predicted octanol–water partition coefficient (Wildman–Crippen LogP) is 2.19. The normalized spacial score (nSPS) is 10.0. The van der Waals surface area contributed by atoms with Crippen molar-refractivity contribution in [3.05, 3.63) is 29.8 Å². The van der Waals surface area contributed by atoms with Gasteiger partial charge in [-0.2, -0.15) is 0 Å². The molecule has 0 spiro atoms. The SMILES string of the molecule is Cl.Nc1[nH]c2ccccc2c1CCC(=O)O. The van der Waals surface area contributed by atoms with Crippen molar-refractivity contribution >= 4 is 35.1 Å². The van der Waals surface area contributed by atoms with Crippen molar-refractivity contribution in [3.8, 4) is 0 Å². The lowest BCUT2D eigenvalue weighted by atomic mass is 10.1. The molecule has 0 saturated carbocycles. The molecule has 2 aromatic rings. The van der Waals surface area contributed by atoms with Gasteiger partial charge in [0.1, 0.15) is 5.82 Å². The Morgan fingerprint density at radius 2 is 2.06 bits per heavy atom. The van der Waals surface area contributed by atoms with Crippen LogP contribution >= 0.6 is 12.4 Å². The molecule has 0 amide bonds. The second kappa shape index (κ2) is 4.90. The molecule has 0 atom stereocenters. The quantitative estimate of drug-likeness (QED) is 0.770. The van der Waals surface area contributed by atoms with Crippen LogP contribution in [0.1, 0.15) is 12.0 Å². The third kappa shape index (κ3) is 2.28. The van der Waals surface area contributed by atoms with Crippen LogP contribution in [0.5, 0.6) is 0 Å². The predicted molar refractivity (Wildman–Crippen MR) is 65.9 cm³/mol. The number of aryl methyl sites for hydroxylation is 1. The van der Waals surface area contributed by atoms with Crippen LogP contribution < -0.4 is 5.73 Å². The minimum absolute atomic E-state index is 0. The van der Waals surface area contributed by atoms with Gasteiger partial charge in [-0.3, -0.25) is 4.79 Å². The summed E-state index contributed by atoms with van der Waals surface area (Å²) in [5.41, 5.74) is 7.64. The largest absolute Gasteiger partial charge is 0.481 e. The van der Waals surface area contributed by atoms with Crippen LogP contribution in [0.3, 0.4) is 0 Å². The van der Waals surface area contributed by atoms with Crippen molar-refractivity contribution in [1.82, 2.24) is 4.98 Å². The molecule has 4 N–H and O–H groups in total. The number of fused-ring (bicyclic) bond motifs is 1. The Hall–Kier alpha value is -1.68. The number of carbonyl (C=O) groups is 1. The average Bonchev–Trinajstić information content (AvgIpc) is 2.50. The summed E-state index contributed by atoms with van der Waals surface area (Å²) < 4.78 is 0. The number of aromatic amines is 1. The molecule has 0 aliphatic rings. The van der Waals surface area contributed by atoms with Gasteiger partial charge in [0.25, 0.3) is 0 Å². The van der Waals surface area contributed by atoms with Crippen LogP contribution in [-0.4, -0.2) is 16.1 Å². The summed E-state index contributed by atoms with van der Waals surface area (Å²) >= 11 is 0. The molecule has 0 unspecified atom stereocenters. The highest BCUT2D eigenvalue weighted by atomic mass is 35.5. The number of H-pyrrole nitrogens is 1. The summed E-state index contributed by atoms with van der Waals surface area (Å²) in [6.07, 6.45) is 0.567. The van der Waals surface area contributed by atoms with Crippen molar-refractivity contribution in [2.45, 2.75) is 12.8 Å². The van der Waals surface area contributed by atoms with E-state index in [0.717, 1.165) is 16.5 Å². The summed E-state index contributed by atoms with van der Waals surface area (Å²) in [6.45, 7) is 0. The monoisotopic (exact) mass is 240 g/mol. The fourth-order valence-electron chi connectivity index (χ4n) is 1.72. The number of aromatic nitrogens is 1. The molecule has 0 aliphatic heterocycles. The number of halogens is 1. The van der Waals surface area contributed by atoms with Gasteiger partial charge in [-0.1, -0.05) is 18.2 Å². The van der Waals surface area contributed by atoms with Crippen LogP contribution in [0.25, 0.3) is 10.9 Å². The fraction of sp³-hybridized carbons (Fsp3) is 0.182. The lowest BCUT2D eigenvalue weighted by Crippen LogP contribution is -1.99. The van der Waals surface area contributed by atoms with Crippen molar-refractivity contribution in [3.63, 3.8) is 0 Å². The van der Waals surface area contributed by atoms with Crippen LogP contribution in [0.4, 0.5) is 5.82 Å². The van der Waals surface area contributed by atoms with Gasteiger partial charge in [0.05, 0.1) is 0 Å². The van der Waals surface area contributed by atoms with E-state index >= 15 is 0 Å². The molecule has 0 bridgehead atoms. The van der Waals surface area contributed by atoms with E-state index < -0.39 is 5.97 Å². The number of anilines is 1. The molecule has 1 aromatic carbocycles. The first-order valence-electron chi connectivity index (χ1n) is 4.75. The van der Waals surface area contributed by atoms with Crippen LogP contribution in [0, 0.1) is 0 Å². The maximum Gasteiger partial charge on any atom is 0.303 e. The lowest BCUT2D eigenvalue weighted by Gasteiger charge is -1.97. The number of nitrogens with two attached hydrogens (primary N) is 1. The Kier molecular flexibility index (Phi) is 3.79. The molecule has 1 aromatic heterocycles. The first-order valence-corrected chi connectivity index (χ1v) is 4.75. The number of rotatable bonds is 3. The van der Waals surface area contributed by atoms with E-state index in [4.69, 9.17) is 10.8 Å². The van der Waals surface area contributed by atoms with Crippen LogP contribution in [-0.2, 0) is 11.2 Å². The summed E-state index contributed by atoms with van der Waals surface area (Å²) in [7, 11) is 0. The molecule has 4 nitrogen and oxygen atoms in total. The number of nitrogens with one attached hydrogen (secondary N) is 1. The maximum absolute atomic E-state index is 10.5. The number of benzene rings is 1. The number of hydrogen-bond acceptors (Lipinski definition) is 2. The number of hydrogen-bond donors (Lipinski definition) is 3. The Labute approximate surface area is 98.9 Å². The Morgan fingerprint density at radius 3 is 2.75 bits per heavy atom. The molecular weight excluding hydrogens is 228 g/mol. The topological polar surface area (TPSA) is 79.1 Å². The zero-order valence-corrected chi connectivity index (χ0v) is 9.38. The van der Waals surface area contributed by atoms with E-state index in [1.54, 1.807) is 0 Å². The van der Waals surface area contributed by atoms with Crippen LogP contribution in [0.15, 0.2) is 24.3 Å². The highest BCUT2D eigenvalue weighted by Gasteiger charge is 2.09. The van der Waals surface area contributed by atoms with E-state index in [-0.39, 0.29) is 18.8 Å². The van der Waals surface area contributed by atoms with E-state index in [2.05, 4.69) is 4.98 Å². The first-order chi connectivity index (χ1) is 7.18. The van der Waals surface area contributed by atoms with Crippen molar-refractivity contribution < 1.29 is 9.90 Å². The minimum Gasteiger partial charge on any atom is -0.481 e. The number of aliphatic carboxylic acids is 1. The number of carboxylic acid groups (broad SMARTS) is 1. The molecule has 16 heavy (non-hydrogen) atoms. The van der Waals surface area contributed by atoms with Crippen LogP contribution in [0.2, 0.25) is 0 Å². The second-order valence-corrected chi connectivity index (χ2v) is 3.46. The summed E-state index contributed by atoms with van der Waals surface area (Å²) in [4.78, 5) is 13.5. The van der Waals surface area contributed by atoms with Gasteiger partial charge in [0.2, 0.25) is 0 Å². The standard InChI is InChI=1S/C11H12N2O2.ClH/c12-11-8(5-6-10(14)15)7-3-1-2-4-9(7)13-11;/h1-4,13H,5-6,12H2,(H,14,15);1H. The molecule has 0 fully saturated rings. The number of nitrogen functional groups attached to an aromatic ring is 1. The maximum atomic E-state index is 10.5. The Balaban J connectivity index is 0.00000128. The third-order valence-electron chi connectivity index (χ3n) is 2.44. The number of para-hydroxylation sites is 1. The van der Waals surface area contributed by atoms with E-state index in [9.17, 15) is 4.79 Å². The Bertz CT molecular complexity index is 508. The van der Waals surface area contributed by atoms with Gasteiger partial charge in [-0.05, 0) is 12.5 Å². The Morgan fingerprint density at radius 1 is 1.38 bits per heavy atom. The summed E-state index contributed by atoms with van der Waals surface area (Å²) in [5.74, 6) is -0.239. The molecule has 2 rings (SSSR count). The average molecular weight is 241 g/mol. The van der Waals surface area contributed by atoms with E-state index in [1.807, 2.05) is 24.3 Å². The highest BCUT2D eigenvalue weighted by Crippen LogP contribution is 2.24. The van der Waals surface area contributed by atoms with Gasteiger partial charge in [-0.15, -0.1) is 12.4 Å². The first kappa shape index (κ1) is 12.4. The highest BCUT2D eigenvalue weighted by molar-refractivity contribution is 5.88. The zero-order valence-electron chi connectivity index (χ0n) is 8.56. The lowest BCUT2D eigenvalue weighted by molar-refractivity contribution is -0.136. The molecule has 0 saturated heterocycles. The van der Waals surface area contributed by atoms with E-state index in [0.29, 0.717) is 12.2 Å². The molecule has 0 aliphatic carbocycles. The molecule has 0 radical (unpaired) electrons. The van der Waals surface area contributed by atoms with Crippen molar-refractivity contribution in [1.29, 1.82) is 0 Å². The molecule has 86 valence electrons. The second-order valence-electron chi connectivity index (χ2n) is 3.46. The van der Waals surface area contributed by atoms with Gasteiger partial charge < -0.3 is 15.8 Å². The van der Waals surface area contributed by atoms with Gasteiger partial charge >= 0.3 is 5.97 Å². The minimum atomic E-state index is -0.806. The smallest absolute Gasteiger partial charge is 0.303 e. The molecular formula is C11H13ClN2O2. The summed E-state index contributed by atoms with van der Waals surface area (Å²) in [5, 5.41) is 9.63. The number of carboxylic acids is 1. The fourth-order valence-corrected chi connectivity index (χ4v) is 1.72. The van der Waals surface area contributed by atoms with Gasteiger partial charge in [-0.25, -0.2) is 0 Å². The zero-order chi connectivity index (χ0) is 10.8. The van der Waals surface area contributed by atoms with Gasteiger partial charge in [0.15, 0.2) is 0 Å². The molecule has 5 heteroatoms. The van der Waals surface area contributed by atoms with Gasteiger partial charge in [0, 0.05) is 22.9 Å². The molecule has 1 heterocycles. The third-order valence-corrected chi connectivity index (χ3v) is 2.44.